The molecule has 0 bridgehead atoms. The molecule has 2 aromatic heterocycles. The summed E-state index contributed by atoms with van der Waals surface area (Å²) in [4.78, 5) is 20.5. The van der Waals surface area contributed by atoms with E-state index >= 15 is 0 Å². The Bertz CT molecular complexity index is 620. The molecule has 0 unspecified atom stereocenters. The van der Waals surface area contributed by atoms with Crippen LogP contribution in [-0.4, -0.2) is 15.9 Å². The Morgan fingerprint density at radius 2 is 2.11 bits per heavy atom. The van der Waals surface area contributed by atoms with Crippen molar-refractivity contribution in [3.05, 3.63) is 29.0 Å². The Morgan fingerprint density at radius 3 is 2.79 bits per heavy atom. The van der Waals surface area contributed by atoms with Crippen molar-refractivity contribution < 1.29 is 4.79 Å². The lowest BCUT2D eigenvalue weighted by molar-refractivity contribution is -0.117. The van der Waals surface area contributed by atoms with Gasteiger partial charge in [-0.1, -0.05) is 20.8 Å². The standard InChI is InChI=1S/C14H16BrN3O/c1-14(2,3)7-11(19)18-13-12-9(4-5-16-13)6-10(15)8-17-12/h4-6,8H,7H2,1-3H3,(H,16,18,19). The van der Waals surface area contributed by atoms with E-state index in [1.165, 1.54) is 0 Å². The van der Waals surface area contributed by atoms with E-state index < -0.39 is 0 Å². The molecule has 0 aromatic carbocycles. The summed E-state index contributed by atoms with van der Waals surface area (Å²) in [5.74, 6) is 0.469. The van der Waals surface area contributed by atoms with Crippen LogP contribution in [0.1, 0.15) is 27.2 Å². The SMILES string of the molecule is CC(C)(C)CC(=O)Nc1nccc2cc(Br)cnc12. The molecule has 0 spiro atoms. The van der Waals surface area contributed by atoms with Gasteiger partial charge >= 0.3 is 0 Å². The van der Waals surface area contributed by atoms with Gasteiger partial charge in [0.05, 0.1) is 0 Å². The van der Waals surface area contributed by atoms with Crippen LogP contribution in [0.2, 0.25) is 0 Å². The second-order valence-electron chi connectivity index (χ2n) is 5.67. The first kappa shape index (κ1) is 13.9. The second-order valence-corrected chi connectivity index (χ2v) is 6.59. The average molecular weight is 322 g/mol. The van der Waals surface area contributed by atoms with Crippen molar-refractivity contribution >= 4 is 38.6 Å². The van der Waals surface area contributed by atoms with Gasteiger partial charge in [0.1, 0.15) is 5.52 Å². The Labute approximate surface area is 120 Å². The fraction of sp³-hybridized carbons (Fsp3) is 0.357. The van der Waals surface area contributed by atoms with Gasteiger partial charge < -0.3 is 5.32 Å². The smallest absolute Gasteiger partial charge is 0.226 e. The molecular weight excluding hydrogens is 306 g/mol. The number of amides is 1. The van der Waals surface area contributed by atoms with Crippen LogP contribution >= 0.6 is 15.9 Å². The minimum Gasteiger partial charge on any atom is -0.309 e. The van der Waals surface area contributed by atoms with Crippen LogP contribution in [0.3, 0.4) is 0 Å². The number of nitrogens with one attached hydrogen (secondary N) is 1. The summed E-state index contributed by atoms with van der Waals surface area (Å²) in [7, 11) is 0. The number of aromatic nitrogens is 2. The zero-order valence-electron chi connectivity index (χ0n) is 11.2. The van der Waals surface area contributed by atoms with Crippen LogP contribution in [0, 0.1) is 5.41 Å². The number of nitrogens with zero attached hydrogens (tertiary/aromatic N) is 2. The summed E-state index contributed by atoms with van der Waals surface area (Å²) in [6, 6.07) is 3.82. The molecule has 1 amide bonds. The highest BCUT2D eigenvalue weighted by Crippen LogP contribution is 2.23. The van der Waals surface area contributed by atoms with Crippen LogP contribution in [-0.2, 0) is 4.79 Å². The highest BCUT2D eigenvalue weighted by molar-refractivity contribution is 9.10. The number of carbonyl (C=O) groups excluding carboxylic acids is 1. The maximum Gasteiger partial charge on any atom is 0.226 e. The van der Waals surface area contributed by atoms with Crippen LogP contribution in [0.5, 0.6) is 0 Å². The van der Waals surface area contributed by atoms with Crippen LogP contribution in [0.25, 0.3) is 10.9 Å². The topological polar surface area (TPSA) is 54.9 Å². The second kappa shape index (κ2) is 5.25. The van der Waals surface area contributed by atoms with Gasteiger partial charge in [-0.15, -0.1) is 0 Å². The van der Waals surface area contributed by atoms with Gasteiger partial charge in [-0.25, -0.2) is 4.98 Å². The van der Waals surface area contributed by atoms with Crippen LogP contribution in [0.15, 0.2) is 29.0 Å². The van der Waals surface area contributed by atoms with E-state index in [4.69, 9.17) is 0 Å². The predicted octanol–water partition coefficient (Wildman–Crippen LogP) is 3.77. The number of rotatable bonds is 2. The van der Waals surface area contributed by atoms with Gasteiger partial charge in [-0.3, -0.25) is 9.78 Å². The van der Waals surface area contributed by atoms with Crippen molar-refractivity contribution in [1.82, 2.24) is 9.97 Å². The molecule has 0 radical (unpaired) electrons. The molecule has 19 heavy (non-hydrogen) atoms. The van der Waals surface area contributed by atoms with Crippen LogP contribution in [0.4, 0.5) is 5.82 Å². The maximum absolute atomic E-state index is 12.0. The molecule has 2 aromatic rings. The molecule has 2 rings (SSSR count). The zero-order valence-corrected chi connectivity index (χ0v) is 12.8. The number of fused-ring (bicyclic) bond motifs is 1. The number of anilines is 1. The van der Waals surface area contributed by atoms with E-state index in [1.54, 1.807) is 12.4 Å². The number of carbonyl (C=O) groups is 1. The molecule has 0 saturated heterocycles. The van der Waals surface area contributed by atoms with Gasteiger partial charge in [0.25, 0.3) is 0 Å². The summed E-state index contributed by atoms with van der Waals surface area (Å²) < 4.78 is 0.901. The molecule has 2 heterocycles. The van der Waals surface area contributed by atoms with Crippen molar-refractivity contribution in [2.24, 2.45) is 5.41 Å². The Kier molecular flexibility index (Phi) is 3.85. The van der Waals surface area contributed by atoms with Gasteiger partial charge in [-0.2, -0.15) is 0 Å². The Balaban J connectivity index is 2.28. The molecule has 0 aliphatic heterocycles. The first-order valence-electron chi connectivity index (χ1n) is 6.05. The molecular formula is C14H16BrN3O. The lowest BCUT2D eigenvalue weighted by Gasteiger charge is -2.17. The maximum atomic E-state index is 12.0. The normalized spacial score (nSPS) is 11.6. The molecule has 0 aliphatic rings. The number of hydrogen-bond acceptors (Lipinski definition) is 3. The first-order valence-corrected chi connectivity index (χ1v) is 6.84. The van der Waals surface area contributed by atoms with E-state index in [2.05, 4.69) is 31.2 Å². The van der Waals surface area contributed by atoms with Gasteiger partial charge in [0.2, 0.25) is 5.91 Å². The van der Waals surface area contributed by atoms with E-state index in [9.17, 15) is 4.79 Å². The summed E-state index contributed by atoms with van der Waals surface area (Å²) in [6.45, 7) is 6.08. The molecule has 1 N–H and O–H groups in total. The minimum absolute atomic E-state index is 0.0442. The Hall–Kier alpha value is -1.49. The molecule has 0 aliphatic carbocycles. The molecule has 0 fully saturated rings. The van der Waals surface area contributed by atoms with E-state index in [-0.39, 0.29) is 11.3 Å². The molecule has 5 heteroatoms. The number of pyridine rings is 2. The average Bonchev–Trinajstić information content (AvgIpc) is 2.26. The fourth-order valence-electron chi connectivity index (χ4n) is 1.78. The highest BCUT2D eigenvalue weighted by Gasteiger charge is 2.17. The van der Waals surface area contributed by atoms with Crippen molar-refractivity contribution in [1.29, 1.82) is 0 Å². The summed E-state index contributed by atoms with van der Waals surface area (Å²) >= 11 is 3.38. The lowest BCUT2D eigenvalue weighted by Crippen LogP contribution is -2.20. The Morgan fingerprint density at radius 1 is 1.37 bits per heavy atom. The largest absolute Gasteiger partial charge is 0.309 e. The number of halogens is 1. The van der Waals surface area contributed by atoms with Gasteiger partial charge in [0.15, 0.2) is 5.82 Å². The van der Waals surface area contributed by atoms with Crippen molar-refractivity contribution in [3.63, 3.8) is 0 Å². The molecule has 0 saturated carbocycles. The molecule has 0 atom stereocenters. The monoisotopic (exact) mass is 321 g/mol. The number of hydrogen-bond donors (Lipinski definition) is 1. The third-order valence-electron chi connectivity index (χ3n) is 2.51. The lowest BCUT2D eigenvalue weighted by atomic mass is 9.92. The third-order valence-corrected chi connectivity index (χ3v) is 2.95. The summed E-state index contributed by atoms with van der Waals surface area (Å²) in [5, 5.41) is 3.77. The first-order chi connectivity index (χ1) is 8.85. The van der Waals surface area contributed by atoms with E-state index in [1.807, 2.05) is 32.9 Å². The fourth-order valence-corrected chi connectivity index (χ4v) is 2.13. The van der Waals surface area contributed by atoms with E-state index in [0.29, 0.717) is 17.8 Å². The predicted molar refractivity (Wildman–Crippen MR) is 79.9 cm³/mol. The van der Waals surface area contributed by atoms with Crippen molar-refractivity contribution in [2.45, 2.75) is 27.2 Å². The van der Waals surface area contributed by atoms with Gasteiger partial charge in [0, 0.05) is 28.7 Å². The summed E-state index contributed by atoms with van der Waals surface area (Å²) in [5.41, 5.74) is 0.651. The van der Waals surface area contributed by atoms with Crippen molar-refractivity contribution in [2.75, 3.05) is 5.32 Å². The molecule has 4 nitrogen and oxygen atoms in total. The quantitative estimate of drug-likeness (QED) is 0.916. The molecule has 100 valence electrons. The van der Waals surface area contributed by atoms with E-state index in [0.717, 1.165) is 9.86 Å². The third kappa shape index (κ3) is 3.73. The highest BCUT2D eigenvalue weighted by atomic mass is 79.9. The summed E-state index contributed by atoms with van der Waals surface area (Å²) in [6.07, 6.45) is 3.81. The van der Waals surface area contributed by atoms with Crippen molar-refractivity contribution in [3.8, 4) is 0 Å². The van der Waals surface area contributed by atoms with Crippen LogP contribution < -0.4 is 5.32 Å². The zero-order chi connectivity index (χ0) is 14.0. The minimum atomic E-state index is -0.0505. The van der Waals surface area contributed by atoms with Gasteiger partial charge in [-0.05, 0) is 33.5 Å².